The van der Waals surface area contributed by atoms with E-state index in [2.05, 4.69) is 12.2 Å². The first-order valence-electron chi connectivity index (χ1n) is 7.51. The van der Waals surface area contributed by atoms with Gasteiger partial charge in [-0.2, -0.15) is 11.8 Å². The fourth-order valence-electron chi connectivity index (χ4n) is 2.70. The SMILES string of the molecule is CC1CCCC(SCCC(=O)Nc2cc(N)ccc2F)C1. The summed E-state index contributed by atoms with van der Waals surface area (Å²) in [5, 5.41) is 3.26. The maximum atomic E-state index is 13.5. The standard InChI is InChI=1S/C16H23FN2OS/c1-11-3-2-4-13(9-11)21-8-7-16(20)19-15-10-12(18)5-6-14(15)17/h5-6,10-11,13H,2-4,7-9,18H2,1H3,(H,19,20). The Morgan fingerprint density at radius 3 is 3.05 bits per heavy atom. The van der Waals surface area contributed by atoms with Crippen LogP contribution in [0.2, 0.25) is 0 Å². The number of anilines is 2. The van der Waals surface area contributed by atoms with Gasteiger partial charge in [0.15, 0.2) is 0 Å². The van der Waals surface area contributed by atoms with Crippen molar-refractivity contribution < 1.29 is 9.18 Å². The molecule has 21 heavy (non-hydrogen) atoms. The summed E-state index contributed by atoms with van der Waals surface area (Å²) >= 11 is 1.87. The van der Waals surface area contributed by atoms with Crippen LogP contribution in [0.5, 0.6) is 0 Å². The molecule has 1 amide bonds. The second kappa shape index (κ2) is 7.69. The topological polar surface area (TPSA) is 55.1 Å². The molecular weight excluding hydrogens is 287 g/mol. The molecule has 1 fully saturated rings. The quantitative estimate of drug-likeness (QED) is 0.807. The molecule has 2 unspecified atom stereocenters. The van der Waals surface area contributed by atoms with Crippen molar-refractivity contribution in [3.8, 4) is 0 Å². The highest BCUT2D eigenvalue weighted by Gasteiger charge is 2.19. The minimum Gasteiger partial charge on any atom is -0.399 e. The lowest BCUT2D eigenvalue weighted by Gasteiger charge is -2.26. The van der Waals surface area contributed by atoms with Crippen LogP contribution < -0.4 is 11.1 Å². The number of rotatable bonds is 5. The number of nitrogen functional groups attached to an aromatic ring is 1. The lowest BCUT2D eigenvalue weighted by molar-refractivity contribution is -0.115. The zero-order valence-electron chi connectivity index (χ0n) is 12.4. The van der Waals surface area contributed by atoms with Crippen LogP contribution in [-0.4, -0.2) is 16.9 Å². The number of nitrogens with one attached hydrogen (secondary N) is 1. The van der Waals surface area contributed by atoms with Gasteiger partial charge in [0.1, 0.15) is 5.82 Å². The molecule has 1 aromatic carbocycles. The second-order valence-corrected chi connectivity index (χ2v) is 7.21. The lowest BCUT2D eigenvalue weighted by Crippen LogP contribution is -2.17. The van der Waals surface area contributed by atoms with Gasteiger partial charge in [0.25, 0.3) is 0 Å². The predicted octanol–water partition coefficient (Wildman–Crippen LogP) is 4.05. The third kappa shape index (κ3) is 5.23. The van der Waals surface area contributed by atoms with Crippen molar-refractivity contribution in [3.63, 3.8) is 0 Å². The smallest absolute Gasteiger partial charge is 0.225 e. The van der Waals surface area contributed by atoms with Gasteiger partial charge in [0.2, 0.25) is 5.91 Å². The van der Waals surface area contributed by atoms with E-state index in [1.165, 1.54) is 43.9 Å². The molecule has 0 aromatic heterocycles. The minimum atomic E-state index is -0.452. The van der Waals surface area contributed by atoms with Gasteiger partial charge < -0.3 is 11.1 Å². The van der Waals surface area contributed by atoms with Gasteiger partial charge in [0.05, 0.1) is 5.69 Å². The minimum absolute atomic E-state index is 0.157. The van der Waals surface area contributed by atoms with Crippen LogP contribution in [0.15, 0.2) is 18.2 Å². The van der Waals surface area contributed by atoms with Gasteiger partial charge >= 0.3 is 0 Å². The molecule has 2 rings (SSSR count). The molecule has 0 spiro atoms. The summed E-state index contributed by atoms with van der Waals surface area (Å²) in [6, 6.07) is 4.19. The highest BCUT2D eigenvalue weighted by Crippen LogP contribution is 2.32. The summed E-state index contributed by atoms with van der Waals surface area (Å²) in [5.74, 6) is 0.973. The van der Waals surface area contributed by atoms with Crippen molar-refractivity contribution in [2.24, 2.45) is 5.92 Å². The monoisotopic (exact) mass is 310 g/mol. The van der Waals surface area contributed by atoms with Crippen LogP contribution in [0, 0.1) is 11.7 Å². The molecule has 0 saturated heterocycles. The summed E-state index contributed by atoms with van der Waals surface area (Å²) in [7, 11) is 0. The Bertz CT molecular complexity index is 495. The Kier molecular flexibility index (Phi) is 5.91. The number of thioether (sulfide) groups is 1. The predicted molar refractivity (Wildman–Crippen MR) is 87.9 cm³/mol. The zero-order chi connectivity index (χ0) is 15.2. The first-order chi connectivity index (χ1) is 10.0. The number of benzene rings is 1. The molecule has 0 heterocycles. The molecule has 1 aliphatic carbocycles. The van der Waals surface area contributed by atoms with Gasteiger partial charge in [-0.15, -0.1) is 0 Å². The van der Waals surface area contributed by atoms with E-state index in [-0.39, 0.29) is 11.6 Å². The summed E-state index contributed by atoms with van der Waals surface area (Å²) in [6.45, 7) is 2.29. The molecule has 0 bridgehead atoms. The average Bonchev–Trinajstić information content (AvgIpc) is 2.43. The molecule has 0 aliphatic heterocycles. The van der Waals surface area contributed by atoms with Gasteiger partial charge in [-0.3, -0.25) is 4.79 Å². The van der Waals surface area contributed by atoms with Gasteiger partial charge in [0, 0.05) is 23.1 Å². The third-order valence-corrected chi connectivity index (χ3v) is 5.17. The highest BCUT2D eigenvalue weighted by molar-refractivity contribution is 7.99. The van der Waals surface area contributed by atoms with Crippen molar-refractivity contribution >= 4 is 29.0 Å². The largest absolute Gasteiger partial charge is 0.399 e. The van der Waals surface area contributed by atoms with Crippen molar-refractivity contribution in [3.05, 3.63) is 24.0 Å². The van der Waals surface area contributed by atoms with Crippen molar-refractivity contribution in [2.75, 3.05) is 16.8 Å². The van der Waals surface area contributed by atoms with E-state index in [9.17, 15) is 9.18 Å². The number of hydrogen-bond acceptors (Lipinski definition) is 3. The Labute approximate surface area is 129 Å². The van der Waals surface area contributed by atoms with E-state index in [0.717, 1.165) is 11.7 Å². The average molecular weight is 310 g/mol. The van der Waals surface area contributed by atoms with Crippen LogP contribution in [0.3, 0.4) is 0 Å². The maximum Gasteiger partial charge on any atom is 0.225 e. The van der Waals surface area contributed by atoms with Crippen molar-refractivity contribution in [1.29, 1.82) is 0 Å². The number of halogens is 1. The summed E-state index contributed by atoms with van der Waals surface area (Å²) in [5.41, 5.74) is 6.20. The Morgan fingerprint density at radius 2 is 2.29 bits per heavy atom. The Morgan fingerprint density at radius 1 is 1.48 bits per heavy atom. The number of amides is 1. The Balaban J connectivity index is 1.73. The first-order valence-corrected chi connectivity index (χ1v) is 8.56. The summed E-state index contributed by atoms with van der Waals surface area (Å²) < 4.78 is 13.5. The molecule has 1 aromatic rings. The molecule has 2 atom stereocenters. The maximum absolute atomic E-state index is 13.5. The van der Waals surface area contributed by atoms with E-state index in [0.29, 0.717) is 17.4 Å². The Hall–Kier alpha value is -1.23. The molecule has 1 saturated carbocycles. The van der Waals surface area contributed by atoms with E-state index in [1.807, 2.05) is 11.8 Å². The molecule has 0 radical (unpaired) electrons. The highest BCUT2D eigenvalue weighted by atomic mass is 32.2. The molecule has 5 heteroatoms. The van der Waals surface area contributed by atoms with Gasteiger partial charge in [-0.1, -0.05) is 19.8 Å². The normalized spacial score (nSPS) is 22.0. The summed E-state index contributed by atoms with van der Waals surface area (Å²) in [6.07, 6.45) is 5.52. The van der Waals surface area contributed by atoms with Crippen LogP contribution in [0.4, 0.5) is 15.8 Å². The fourth-order valence-corrected chi connectivity index (χ4v) is 4.13. The first kappa shape index (κ1) is 16.1. The molecule has 3 N–H and O–H groups in total. The number of carbonyl (C=O) groups is 1. The van der Waals surface area contributed by atoms with Crippen LogP contribution in [-0.2, 0) is 4.79 Å². The second-order valence-electron chi connectivity index (χ2n) is 5.80. The van der Waals surface area contributed by atoms with Crippen LogP contribution in [0.25, 0.3) is 0 Å². The fraction of sp³-hybridized carbons (Fsp3) is 0.562. The van der Waals surface area contributed by atoms with Gasteiger partial charge in [-0.05, 0) is 37.0 Å². The van der Waals surface area contributed by atoms with E-state index in [1.54, 1.807) is 0 Å². The van der Waals surface area contributed by atoms with Crippen molar-refractivity contribution in [1.82, 2.24) is 0 Å². The molecular formula is C16H23FN2OS. The molecule has 3 nitrogen and oxygen atoms in total. The third-order valence-electron chi connectivity index (χ3n) is 3.84. The van der Waals surface area contributed by atoms with Crippen molar-refractivity contribution in [2.45, 2.75) is 44.3 Å². The van der Waals surface area contributed by atoms with E-state index < -0.39 is 5.82 Å². The molecule has 1 aliphatic rings. The van der Waals surface area contributed by atoms with E-state index >= 15 is 0 Å². The summed E-state index contributed by atoms with van der Waals surface area (Å²) in [4.78, 5) is 11.9. The zero-order valence-corrected chi connectivity index (χ0v) is 13.2. The van der Waals surface area contributed by atoms with Gasteiger partial charge in [-0.25, -0.2) is 4.39 Å². The number of carbonyl (C=O) groups excluding carboxylic acids is 1. The number of hydrogen-bond donors (Lipinski definition) is 2. The van der Waals surface area contributed by atoms with E-state index in [4.69, 9.17) is 5.73 Å². The van der Waals surface area contributed by atoms with Crippen LogP contribution in [0.1, 0.15) is 39.0 Å². The number of nitrogens with two attached hydrogens (primary N) is 1. The lowest BCUT2D eigenvalue weighted by atomic mass is 9.91. The molecule has 116 valence electrons. The van der Waals surface area contributed by atoms with Crippen LogP contribution >= 0.6 is 11.8 Å².